The fraction of sp³-hybridized carbons (Fsp3) is 0.643. The molecule has 0 saturated heterocycles. The second kappa shape index (κ2) is 18.8. The Balaban J connectivity index is 2.14. The number of benzene rings is 1. The molecule has 1 aromatic rings. The standard InChI is InChI=1S/C28H44O3/c1-3-5-6-7-8-9-10-11-12-13-14-16-20-25(19-4-2)23-24-27(29)31-28(30)26-21-17-15-18-22-26/h15,17-18,21-25H,3-14,16,19-20H2,1-2H3. The summed E-state index contributed by atoms with van der Waals surface area (Å²) in [4.78, 5) is 23.9. The van der Waals surface area contributed by atoms with Crippen LogP contribution in [0.2, 0.25) is 0 Å². The molecule has 0 aliphatic carbocycles. The molecule has 0 amide bonds. The third-order valence-corrected chi connectivity index (χ3v) is 5.80. The SMILES string of the molecule is CCCCCCCCCCCCCCC(C=CC(=O)OC(=O)c1ccccc1)CCC. The summed E-state index contributed by atoms with van der Waals surface area (Å²) in [5.41, 5.74) is 0.394. The Morgan fingerprint density at radius 1 is 0.742 bits per heavy atom. The second-order valence-corrected chi connectivity index (χ2v) is 8.66. The van der Waals surface area contributed by atoms with E-state index in [1.54, 1.807) is 24.3 Å². The molecule has 0 aliphatic heterocycles. The number of carbonyl (C=O) groups excluding carboxylic acids is 2. The van der Waals surface area contributed by atoms with E-state index in [-0.39, 0.29) is 0 Å². The number of hydrogen-bond acceptors (Lipinski definition) is 3. The van der Waals surface area contributed by atoms with Gasteiger partial charge in [-0.25, -0.2) is 9.59 Å². The average Bonchev–Trinajstić information content (AvgIpc) is 2.78. The molecule has 0 heterocycles. The highest BCUT2D eigenvalue weighted by Crippen LogP contribution is 2.19. The molecule has 1 rings (SSSR count). The summed E-state index contributed by atoms with van der Waals surface area (Å²) in [6.07, 6.45) is 22.8. The minimum atomic E-state index is -0.594. The van der Waals surface area contributed by atoms with Gasteiger partial charge >= 0.3 is 11.9 Å². The fourth-order valence-electron chi connectivity index (χ4n) is 3.93. The van der Waals surface area contributed by atoms with Gasteiger partial charge in [0.1, 0.15) is 0 Å². The Morgan fingerprint density at radius 3 is 1.84 bits per heavy atom. The molecule has 0 radical (unpaired) electrons. The molecule has 31 heavy (non-hydrogen) atoms. The molecule has 1 atom stereocenters. The smallest absolute Gasteiger partial charge is 0.346 e. The van der Waals surface area contributed by atoms with E-state index in [1.165, 1.54) is 83.1 Å². The highest BCUT2D eigenvalue weighted by molar-refractivity contribution is 5.99. The molecule has 0 spiro atoms. The minimum absolute atomic E-state index is 0.382. The number of esters is 2. The van der Waals surface area contributed by atoms with Gasteiger partial charge in [-0.1, -0.05) is 122 Å². The van der Waals surface area contributed by atoms with Crippen LogP contribution < -0.4 is 0 Å². The van der Waals surface area contributed by atoms with Gasteiger partial charge in [-0.05, 0) is 30.9 Å². The quantitative estimate of drug-likeness (QED) is 0.102. The molecule has 1 unspecified atom stereocenters. The number of ether oxygens (including phenoxy) is 1. The van der Waals surface area contributed by atoms with Gasteiger partial charge in [0.2, 0.25) is 0 Å². The first-order chi connectivity index (χ1) is 15.2. The van der Waals surface area contributed by atoms with Gasteiger partial charge in [0, 0.05) is 6.08 Å². The third-order valence-electron chi connectivity index (χ3n) is 5.80. The number of hydrogen-bond donors (Lipinski definition) is 0. The van der Waals surface area contributed by atoms with E-state index in [4.69, 9.17) is 4.74 Å². The molecule has 1 aromatic carbocycles. The predicted octanol–water partition coefficient (Wildman–Crippen LogP) is 8.43. The van der Waals surface area contributed by atoms with Gasteiger partial charge in [-0.15, -0.1) is 0 Å². The fourth-order valence-corrected chi connectivity index (χ4v) is 3.93. The lowest BCUT2D eigenvalue weighted by atomic mass is 9.95. The van der Waals surface area contributed by atoms with Crippen LogP contribution in [0.15, 0.2) is 42.5 Å². The molecule has 0 N–H and O–H groups in total. The van der Waals surface area contributed by atoms with Gasteiger partial charge in [-0.3, -0.25) is 0 Å². The molecule has 0 saturated carbocycles. The minimum Gasteiger partial charge on any atom is -0.386 e. The second-order valence-electron chi connectivity index (χ2n) is 8.66. The monoisotopic (exact) mass is 428 g/mol. The zero-order chi connectivity index (χ0) is 22.6. The molecule has 174 valence electrons. The Kier molecular flexibility index (Phi) is 16.5. The number of rotatable bonds is 18. The van der Waals surface area contributed by atoms with Crippen molar-refractivity contribution in [2.45, 2.75) is 110 Å². The zero-order valence-electron chi connectivity index (χ0n) is 20.0. The Hall–Kier alpha value is -1.90. The summed E-state index contributed by atoms with van der Waals surface area (Å²) in [5, 5.41) is 0. The van der Waals surface area contributed by atoms with Crippen LogP contribution in [0.3, 0.4) is 0 Å². The molecular formula is C28H44O3. The highest BCUT2D eigenvalue weighted by atomic mass is 16.6. The van der Waals surface area contributed by atoms with Crippen LogP contribution >= 0.6 is 0 Å². The molecule has 3 heteroatoms. The van der Waals surface area contributed by atoms with Crippen molar-refractivity contribution in [2.75, 3.05) is 0 Å². The molecule has 0 fully saturated rings. The van der Waals surface area contributed by atoms with Crippen molar-refractivity contribution in [2.24, 2.45) is 5.92 Å². The Labute approximate surface area is 190 Å². The normalized spacial score (nSPS) is 12.2. The first-order valence-corrected chi connectivity index (χ1v) is 12.7. The summed E-state index contributed by atoms with van der Waals surface area (Å²) >= 11 is 0. The maximum absolute atomic E-state index is 12.0. The number of allylic oxidation sites excluding steroid dienone is 1. The maximum atomic E-state index is 12.0. The summed E-state index contributed by atoms with van der Waals surface area (Å²) < 4.78 is 4.92. The van der Waals surface area contributed by atoms with Gasteiger partial charge in [0.15, 0.2) is 0 Å². The highest BCUT2D eigenvalue weighted by Gasteiger charge is 2.11. The predicted molar refractivity (Wildman–Crippen MR) is 130 cm³/mol. The average molecular weight is 429 g/mol. The van der Waals surface area contributed by atoms with Crippen LogP contribution in [0.25, 0.3) is 0 Å². The van der Waals surface area contributed by atoms with Crippen LogP contribution in [-0.4, -0.2) is 11.9 Å². The summed E-state index contributed by atoms with van der Waals surface area (Å²) in [7, 11) is 0. The van der Waals surface area contributed by atoms with Crippen molar-refractivity contribution in [3.05, 3.63) is 48.0 Å². The van der Waals surface area contributed by atoms with Crippen molar-refractivity contribution in [1.29, 1.82) is 0 Å². The van der Waals surface area contributed by atoms with E-state index in [0.29, 0.717) is 11.5 Å². The molecule has 0 bridgehead atoms. The van der Waals surface area contributed by atoms with Gasteiger partial charge in [0.25, 0.3) is 0 Å². The van der Waals surface area contributed by atoms with E-state index in [9.17, 15) is 9.59 Å². The van der Waals surface area contributed by atoms with Crippen LogP contribution in [0.5, 0.6) is 0 Å². The van der Waals surface area contributed by atoms with Crippen LogP contribution in [-0.2, 0) is 9.53 Å². The van der Waals surface area contributed by atoms with Crippen LogP contribution in [0.4, 0.5) is 0 Å². The first-order valence-electron chi connectivity index (χ1n) is 12.7. The van der Waals surface area contributed by atoms with Crippen molar-refractivity contribution < 1.29 is 14.3 Å². The van der Waals surface area contributed by atoms with Crippen molar-refractivity contribution in [3.8, 4) is 0 Å². The molecule has 3 nitrogen and oxygen atoms in total. The van der Waals surface area contributed by atoms with Gasteiger partial charge in [0.05, 0.1) is 5.56 Å². The molecule has 0 aromatic heterocycles. The lowest BCUT2D eigenvalue weighted by Crippen LogP contribution is -2.10. The van der Waals surface area contributed by atoms with E-state index in [0.717, 1.165) is 19.3 Å². The van der Waals surface area contributed by atoms with E-state index >= 15 is 0 Å². The van der Waals surface area contributed by atoms with Gasteiger partial charge < -0.3 is 4.74 Å². The van der Waals surface area contributed by atoms with E-state index in [1.807, 2.05) is 12.1 Å². The lowest BCUT2D eigenvalue weighted by molar-refractivity contribution is -0.132. The van der Waals surface area contributed by atoms with Gasteiger partial charge in [-0.2, -0.15) is 0 Å². The zero-order valence-corrected chi connectivity index (χ0v) is 20.0. The summed E-state index contributed by atoms with van der Waals surface area (Å²) in [6.45, 7) is 4.43. The topological polar surface area (TPSA) is 43.4 Å². The third kappa shape index (κ3) is 14.7. The van der Waals surface area contributed by atoms with E-state index in [2.05, 4.69) is 13.8 Å². The molecular weight excluding hydrogens is 384 g/mol. The van der Waals surface area contributed by atoms with E-state index < -0.39 is 11.9 Å². The Bertz CT molecular complexity index is 606. The summed E-state index contributed by atoms with van der Waals surface area (Å²) in [5.74, 6) is -0.791. The maximum Gasteiger partial charge on any atom is 0.346 e. The van der Waals surface area contributed by atoms with Crippen molar-refractivity contribution in [3.63, 3.8) is 0 Å². The Morgan fingerprint density at radius 2 is 1.29 bits per heavy atom. The van der Waals surface area contributed by atoms with Crippen molar-refractivity contribution >= 4 is 11.9 Å². The first kappa shape index (κ1) is 27.1. The summed E-state index contributed by atoms with van der Waals surface area (Å²) in [6, 6.07) is 8.62. The number of unbranched alkanes of at least 4 members (excludes halogenated alkanes) is 11. The molecule has 0 aliphatic rings. The van der Waals surface area contributed by atoms with Crippen molar-refractivity contribution in [1.82, 2.24) is 0 Å². The number of carbonyl (C=O) groups is 2. The van der Waals surface area contributed by atoms with Crippen LogP contribution in [0.1, 0.15) is 121 Å². The lowest BCUT2D eigenvalue weighted by Gasteiger charge is -2.11. The van der Waals surface area contributed by atoms with Crippen LogP contribution in [0, 0.1) is 5.92 Å². The largest absolute Gasteiger partial charge is 0.386 e.